The Morgan fingerprint density at radius 3 is 2.75 bits per heavy atom. The first-order chi connectivity index (χ1) is 7.31. The molecular formula is C10H14ClN3OS. The van der Waals surface area contributed by atoms with Gasteiger partial charge in [0.05, 0.1) is 11.4 Å². The molecule has 4 N–H and O–H groups in total. The highest BCUT2D eigenvalue weighted by Gasteiger charge is 2.29. The predicted octanol–water partition coefficient (Wildman–Crippen LogP) is 0.802. The molecule has 2 rings (SSSR count). The van der Waals surface area contributed by atoms with Crippen LogP contribution < -0.4 is 16.6 Å². The van der Waals surface area contributed by atoms with Gasteiger partial charge in [0.25, 0.3) is 5.91 Å². The lowest BCUT2D eigenvalue weighted by Crippen LogP contribution is -2.45. The summed E-state index contributed by atoms with van der Waals surface area (Å²) < 4.78 is 0. The Balaban J connectivity index is 0.00000128. The Hall–Kier alpha value is -0.750. The summed E-state index contributed by atoms with van der Waals surface area (Å²) in [5.74, 6) is 5.69. The number of thioether (sulfide) groups is 1. The molecule has 0 aromatic heterocycles. The molecule has 0 aliphatic carbocycles. The van der Waals surface area contributed by atoms with Crippen molar-refractivity contribution in [3.8, 4) is 0 Å². The molecular weight excluding hydrogens is 246 g/mol. The fourth-order valence-electron chi connectivity index (χ4n) is 1.54. The molecule has 2 atom stereocenters. The van der Waals surface area contributed by atoms with Gasteiger partial charge in [0.2, 0.25) is 0 Å². The average molecular weight is 260 g/mol. The second-order valence-electron chi connectivity index (χ2n) is 3.35. The van der Waals surface area contributed by atoms with Crippen LogP contribution in [0.4, 0.5) is 0 Å². The average Bonchev–Trinajstić information content (AvgIpc) is 2.78. The van der Waals surface area contributed by atoms with Crippen molar-refractivity contribution in [1.82, 2.24) is 10.7 Å². The molecule has 1 saturated heterocycles. The van der Waals surface area contributed by atoms with Crippen molar-refractivity contribution in [1.29, 1.82) is 0 Å². The van der Waals surface area contributed by atoms with E-state index in [1.54, 1.807) is 11.8 Å². The van der Waals surface area contributed by atoms with E-state index in [0.717, 1.165) is 5.75 Å². The first-order valence-corrected chi connectivity index (χ1v) is 5.79. The maximum Gasteiger partial charge on any atom is 0.251 e. The fraction of sp³-hybridized carbons (Fsp3) is 0.300. The van der Waals surface area contributed by atoms with E-state index in [-0.39, 0.29) is 29.7 Å². The van der Waals surface area contributed by atoms with Crippen LogP contribution >= 0.6 is 24.2 Å². The number of halogens is 1. The summed E-state index contributed by atoms with van der Waals surface area (Å²) in [6.07, 6.45) is 0. The van der Waals surface area contributed by atoms with Crippen LogP contribution in [0, 0.1) is 0 Å². The van der Waals surface area contributed by atoms with Crippen LogP contribution in [0.1, 0.15) is 10.9 Å². The number of benzene rings is 1. The summed E-state index contributed by atoms with van der Waals surface area (Å²) in [5.41, 5.74) is 3.35. The smallest absolute Gasteiger partial charge is 0.251 e. The molecule has 0 radical (unpaired) electrons. The molecule has 16 heavy (non-hydrogen) atoms. The second-order valence-corrected chi connectivity index (χ2v) is 4.49. The van der Waals surface area contributed by atoms with Gasteiger partial charge in [0.15, 0.2) is 0 Å². The molecule has 6 heteroatoms. The highest BCUT2D eigenvalue weighted by molar-refractivity contribution is 7.99. The Kier molecular flexibility index (Phi) is 5.08. The predicted molar refractivity (Wildman–Crippen MR) is 68.1 cm³/mol. The minimum atomic E-state index is -0.190. The Morgan fingerprint density at radius 2 is 2.12 bits per heavy atom. The molecule has 1 fully saturated rings. The maximum atomic E-state index is 11.3. The van der Waals surface area contributed by atoms with Crippen molar-refractivity contribution in [2.75, 3.05) is 5.75 Å². The van der Waals surface area contributed by atoms with Crippen molar-refractivity contribution in [3.63, 3.8) is 0 Å². The van der Waals surface area contributed by atoms with Gasteiger partial charge in [0.1, 0.15) is 0 Å². The molecule has 4 nitrogen and oxygen atoms in total. The van der Waals surface area contributed by atoms with E-state index in [0.29, 0.717) is 0 Å². The van der Waals surface area contributed by atoms with Gasteiger partial charge in [-0.15, -0.1) is 24.2 Å². The van der Waals surface area contributed by atoms with E-state index in [1.165, 1.54) is 5.56 Å². The summed E-state index contributed by atoms with van der Waals surface area (Å²) >= 11 is 1.72. The summed E-state index contributed by atoms with van der Waals surface area (Å²) in [6, 6.07) is 9.88. The standard InChI is InChI=1S/C10H13N3OS.ClH/c11-13-9(14)8-6-15-10(12-8)7-4-2-1-3-5-7;/h1-5,8,10,12H,6,11H2,(H,13,14);1H. The molecule has 1 aliphatic rings. The quantitative estimate of drug-likeness (QED) is 0.418. The van der Waals surface area contributed by atoms with Crippen molar-refractivity contribution in [2.24, 2.45) is 5.84 Å². The molecule has 88 valence electrons. The van der Waals surface area contributed by atoms with Crippen LogP contribution in [0.15, 0.2) is 30.3 Å². The second kappa shape index (κ2) is 6.10. The summed E-state index contributed by atoms with van der Waals surface area (Å²) in [6.45, 7) is 0. The van der Waals surface area contributed by atoms with Gasteiger partial charge in [-0.3, -0.25) is 15.5 Å². The zero-order chi connectivity index (χ0) is 10.7. The van der Waals surface area contributed by atoms with Gasteiger partial charge in [-0.2, -0.15) is 0 Å². The summed E-state index contributed by atoms with van der Waals surface area (Å²) in [5, 5.41) is 3.42. The van der Waals surface area contributed by atoms with Gasteiger partial charge < -0.3 is 0 Å². The third-order valence-corrected chi connectivity index (χ3v) is 3.61. The molecule has 0 saturated carbocycles. The fourth-order valence-corrected chi connectivity index (χ4v) is 2.79. The number of nitrogens with two attached hydrogens (primary N) is 1. The van der Waals surface area contributed by atoms with Crippen LogP contribution in [0.25, 0.3) is 0 Å². The molecule has 0 bridgehead atoms. The van der Waals surface area contributed by atoms with E-state index >= 15 is 0 Å². The lowest BCUT2D eigenvalue weighted by molar-refractivity contribution is -0.122. The number of hydrogen-bond donors (Lipinski definition) is 3. The van der Waals surface area contributed by atoms with Crippen molar-refractivity contribution in [2.45, 2.75) is 11.4 Å². The molecule has 1 amide bonds. The number of carbonyl (C=O) groups is 1. The maximum absolute atomic E-state index is 11.3. The normalized spacial score (nSPS) is 23.6. The molecule has 0 spiro atoms. The van der Waals surface area contributed by atoms with E-state index in [9.17, 15) is 4.79 Å². The zero-order valence-corrected chi connectivity index (χ0v) is 10.2. The Labute approximate surface area is 105 Å². The van der Waals surface area contributed by atoms with Crippen LogP contribution in [0.5, 0.6) is 0 Å². The Morgan fingerprint density at radius 1 is 1.44 bits per heavy atom. The van der Waals surface area contributed by atoms with Gasteiger partial charge in [-0.1, -0.05) is 30.3 Å². The molecule has 2 unspecified atom stereocenters. The van der Waals surface area contributed by atoms with E-state index in [4.69, 9.17) is 5.84 Å². The lowest BCUT2D eigenvalue weighted by atomic mass is 10.2. The van der Waals surface area contributed by atoms with Crippen molar-refractivity contribution in [3.05, 3.63) is 35.9 Å². The SMILES string of the molecule is Cl.NNC(=O)C1CSC(c2ccccc2)N1. The number of nitrogens with one attached hydrogen (secondary N) is 2. The van der Waals surface area contributed by atoms with Crippen molar-refractivity contribution >= 4 is 30.1 Å². The van der Waals surface area contributed by atoms with Gasteiger partial charge >= 0.3 is 0 Å². The van der Waals surface area contributed by atoms with Crippen LogP contribution in [-0.4, -0.2) is 17.7 Å². The minimum absolute atomic E-state index is 0. The number of amides is 1. The molecule has 1 aliphatic heterocycles. The number of rotatable bonds is 2. The van der Waals surface area contributed by atoms with Gasteiger partial charge in [0, 0.05) is 5.75 Å². The zero-order valence-electron chi connectivity index (χ0n) is 8.55. The van der Waals surface area contributed by atoms with Gasteiger partial charge in [-0.05, 0) is 5.56 Å². The first-order valence-electron chi connectivity index (χ1n) is 4.74. The van der Waals surface area contributed by atoms with Crippen LogP contribution in [0.2, 0.25) is 0 Å². The van der Waals surface area contributed by atoms with Gasteiger partial charge in [-0.25, -0.2) is 5.84 Å². The summed E-state index contributed by atoms with van der Waals surface area (Å²) in [7, 11) is 0. The molecule has 1 heterocycles. The molecule has 1 aromatic rings. The Bertz CT molecular complexity index is 349. The van der Waals surface area contributed by atoms with Crippen LogP contribution in [0.3, 0.4) is 0 Å². The summed E-state index contributed by atoms with van der Waals surface area (Å²) in [4.78, 5) is 11.3. The number of hydrazine groups is 1. The van der Waals surface area contributed by atoms with Crippen LogP contribution in [-0.2, 0) is 4.79 Å². The van der Waals surface area contributed by atoms with E-state index < -0.39 is 0 Å². The first kappa shape index (κ1) is 13.3. The largest absolute Gasteiger partial charge is 0.293 e. The highest BCUT2D eigenvalue weighted by atomic mass is 35.5. The molecule has 1 aromatic carbocycles. The van der Waals surface area contributed by atoms with Crippen molar-refractivity contribution < 1.29 is 4.79 Å². The minimum Gasteiger partial charge on any atom is -0.293 e. The topological polar surface area (TPSA) is 67.1 Å². The van der Waals surface area contributed by atoms with E-state index in [1.807, 2.05) is 30.3 Å². The van der Waals surface area contributed by atoms with E-state index in [2.05, 4.69) is 10.7 Å². The number of carbonyl (C=O) groups excluding carboxylic acids is 1. The third-order valence-electron chi connectivity index (χ3n) is 2.34. The lowest BCUT2D eigenvalue weighted by Gasteiger charge is -2.12. The highest BCUT2D eigenvalue weighted by Crippen LogP contribution is 2.32. The number of hydrogen-bond acceptors (Lipinski definition) is 4. The monoisotopic (exact) mass is 259 g/mol. The third kappa shape index (κ3) is 2.89.